The van der Waals surface area contributed by atoms with Crippen LogP contribution in [0, 0.1) is 0 Å². The minimum absolute atomic E-state index is 0.194. The molecule has 0 radical (unpaired) electrons. The van der Waals surface area contributed by atoms with Crippen LogP contribution in [0.4, 0.5) is 8.78 Å². The van der Waals surface area contributed by atoms with E-state index in [0.29, 0.717) is 0 Å². The van der Waals surface area contributed by atoms with Crippen molar-refractivity contribution < 1.29 is 8.78 Å². The lowest BCUT2D eigenvalue weighted by atomic mass is 9.94. The highest BCUT2D eigenvalue weighted by Crippen LogP contribution is 2.20. The van der Waals surface area contributed by atoms with Crippen LogP contribution in [0.25, 0.3) is 0 Å². The Kier molecular flexibility index (Phi) is 4.11. The van der Waals surface area contributed by atoms with E-state index in [-0.39, 0.29) is 6.42 Å². The standard InChI is InChI=1S/C11H15F2NS/c1-11(14,10(12)13)7-8-3-5-9(15-2)6-4-8/h3-6,10H,7,14H2,1-2H3. The van der Waals surface area contributed by atoms with Crippen LogP contribution in [0.2, 0.25) is 0 Å². The van der Waals surface area contributed by atoms with Crippen LogP contribution in [-0.2, 0) is 6.42 Å². The fraction of sp³-hybridized carbons (Fsp3) is 0.455. The normalized spacial score (nSPS) is 15.3. The maximum Gasteiger partial charge on any atom is 0.256 e. The second-order valence-corrected chi connectivity index (χ2v) is 4.71. The smallest absolute Gasteiger partial charge is 0.256 e. The highest BCUT2D eigenvalue weighted by molar-refractivity contribution is 7.98. The molecule has 1 atom stereocenters. The molecule has 4 heteroatoms. The quantitative estimate of drug-likeness (QED) is 0.806. The fourth-order valence-electron chi connectivity index (χ4n) is 1.26. The summed E-state index contributed by atoms with van der Waals surface area (Å²) in [5.41, 5.74) is 4.91. The molecule has 0 aliphatic carbocycles. The van der Waals surface area contributed by atoms with Crippen LogP contribution in [0.15, 0.2) is 29.2 Å². The maximum atomic E-state index is 12.5. The molecule has 0 aliphatic heterocycles. The van der Waals surface area contributed by atoms with E-state index in [1.165, 1.54) is 6.92 Å². The number of halogens is 2. The Balaban J connectivity index is 2.73. The first-order chi connectivity index (χ1) is 6.95. The molecule has 0 saturated heterocycles. The van der Waals surface area contributed by atoms with Crippen LogP contribution >= 0.6 is 11.8 Å². The molecule has 0 aromatic heterocycles. The lowest BCUT2D eigenvalue weighted by Gasteiger charge is -2.23. The van der Waals surface area contributed by atoms with Crippen molar-refractivity contribution >= 4 is 11.8 Å². The van der Waals surface area contributed by atoms with Gasteiger partial charge in [0.25, 0.3) is 6.43 Å². The number of hydrogen-bond acceptors (Lipinski definition) is 2. The van der Waals surface area contributed by atoms with Crippen molar-refractivity contribution in [3.05, 3.63) is 29.8 Å². The number of benzene rings is 1. The second-order valence-electron chi connectivity index (χ2n) is 3.83. The SMILES string of the molecule is CSc1ccc(CC(C)(N)C(F)F)cc1. The number of nitrogens with two attached hydrogens (primary N) is 1. The van der Waals surface area contributed by atoms with E-state index >= 15 is 0 Å². The highest BCUT2D eigenvalue weighted by atomic mass is 32.2. The zero-order chi connectivity index (χ0) is 11.5. The van der Waals surface area contributed by atoms with E-state index < -0.39 is 12.0 Å². The molecule has 1 aromatic carbocycles. The molecule has 0 bridgehead atoms. The summed E-state index contributed by atoms with van der Waals surface area (Å²) in [6.45, 7) is 1.38. The lowest BCUT2D eigenvalue weighted by Crippen LogP contribution is -2.45. The third-order valence-corrected chi connectivity index (χ3v) is 2.99. The first-order valence-corrected chi connectivity index (χ1v) is 5.88. The predicted octanol–water partition coefficient (Wildman–Crippen LogP) is 2.93. The van der Waals surface area contributed by atoms with Gasteiger partial charge < -0.3 is 5.73 Å². The first kappa shape index (κ1) is 12.5. The number of thioether (sulfide) groups is 1. The van der Waals surface area contributed by atoms with Crippen molar-refractivity contribution in [2.75, 3.05) is 6.26 Å². The van der Waals surface area contributed by atoms with Gasteiger partial charge in [-0.3, -0.25) is 0 Å². The van der Waals surface area contributed by atoms with Crippen molar-refractivity contribution in [1.82, 2.24) is 0 Å². The Hall–Kier alpha value is -0.610. The van der Waals surface area contributed by atoms with Crippen molar-refractivity contribution in [1.29, 1.82) is 0 Å². The van der Waals surface area contributed by atoms with Gasteiger partial charge in [0.2, 0.25) is 0 Å². The molecule has 0 fully saturated rings. The molecule has 0 aliphatic rings. The summed E-state index contributed by atoms with van der Waals surface area (Å²) in [6, 6.07) is 7.53. The average Bonchev–Trinajstić information content (AvgIpc) is 2.18. The van der Waals surface area contributed by atoms with Crippen LogP contribution in [-0.4, -0.2) is 18.2 Å². The third kappa shape index (κ3) is 3.47. The monoisotopic (exact) mass is 231 g/mol. The third-order valence-electron chi connectivity index (χ3n) is 2.24. The summed E-state index contributed by atoms with van der Waals surface area (Å²) in [5, 5.41) is 0. The summed E-state index contributed by atoms with van der Waals surface area (Å²) in [6.07, 6.45) is -0.335. The molecule has 1 unspecified atom stereocenters. The molecule has 1 rings (SSSR count). The van der Waals surface area contributed by atoms with Gasteiger partial charge >= 0.3 is 0 Å². The Morgan fingerprint density at radius 3 is 2.27 bits per heavy atom. The topological polar surface area (TPSA) is 26.0 Å². The minimum atomic E-state index is -2.50. The van der Waals surface area contributed by atoms with Crippen molar-refractivity contribution in [3.63, 3.8) is 0 Å². The van der Waals surface area contributed by atoms with E-state index in [1.807, 2.05) is 30.5 Å². The Morgan fingerprint density at radius 1 is 1.33 bits per heavy atom. The largest absolute Gasteiger partial charge is 0.320 e. The Labute approximate surface area is 93.1 Å². The van der Waals surface area contributed by atoms with Gasteiger partial charge in [0.15, 0.2) is 0 Å². The van der Waals surface area contributed by atoms with Crippen LogP contribution in [0.5, 0.6) is 0 Å². The van der Waals surface area contributed by atoms with Crippen LogP contribution < -0.4 is 5.73 Å². The summed E-state index contributed by atoms with van der Waals surface area (Å²) in [7, 11) is 0. The highest BCUT2D eigenvalue weighted by Gasteiger charge is 2.30. The summed E-state index contributed by atoms with van der Waals surface area (Å²) in [5.74, 6) is 0. The average molecular weight is 231 g/mol. The second kappa shape index (κ2) is 4.94. The zero-order valence-electron chi connectivity index (χ0n) is 8.84. The maximum absolute atomic E-state index is 12.5. The molecule has 0 saturated carbocycles. The zero-order valence-corrected chi connectivity index (χ0v) is 9.65. The van der Waals surface area contributed by atoms with Gasteiger partial charge in [-0.25, -0.2) is 8.78 Å². The molecule has 1 aromatic rings. The van der Waals surface area contributed by atoms with Gasteiger partial charge in [-0.1, -0.05) is 12.1 Å². The molecule has 1 nitrogen and oxygen atoms in total. The molecule has 0 amide bonds. The van der Waals surface area contributed by atoms with Crippen LogP contribution in [0.3, 0.4) is 0 Å². The number of alkyl halides is 2. The van der Waals surface area contributed by atoms with E-state index in [2.05, 4.69) is 0 Å². The summed E-state index contributed by atoms with van der Waals surface area (Å²) in [4.78, 5) is 1.12. The van der Waals surface area contributed by atoms with Gasteiger partial charge in [0, 0.05) is 4.90 Å². The minimum Gasteiger partial charge on any atom is -0.320 e. The van der Waals surface area contributed by atoms with Crippen molar-refractivity contribution in [2.24, 2.45) is 5.73 Å². The number of rotatable bonds is 4. The number of hydrogen-bond donors (Lipinski definition) is 1. The Morgan fingerprint density at radius 2 is 1.87 bits per heavy atom. The molecular weight excluding hydrogens is 216 g/mol. The molecule has 84 valence electrons. The first-order valence-electron chi connectivity index (χ1n) is 4.65. The predicted molar refractivity (Wildman–Crippen MR) is 60.5 cm³/mol. The van der Waals surface area contributed by atoms with Crippen LogP contribution in [0.1, 0.15) is 12.5 Å². The van der Waals surface area contributed by atoms with Gasteiger partial charge in [0.05, 0.1) is 5.54 Å². The summed E-state index contributed by atoms with van der Waals surface area (Å²) < 4.78 is 25.0. The summed E-state index contributed by atoms with van der Waals surface area (Å²) >= 11 is 1.62. The van der Waals surface area contributed by atoms with Crippen molar-refractivity contribution in [2.45, 2.75) is 30.2 Å². The van der Waals surface area contributed by atoms with E-state index in [0.717, 1.165) is 10.5 Å². The van der Waals surface area contributed by atoms with E-state index in [4.69, 9.17) is 5.73 Å². The van der Waals surface area contributed by atoms with Gasteiger partial charge in [-0.05, 0) is 37.3 Å². The van der Waals surface area contributed by atoms with Crippen molar-refractivity contribution in [3.8, 4) is 0 Å². The molecule has 2 N–H and O–H groups in total. The Bertz CT molecular complexity index is 309. The lowest BCUT2D eigenvalue weighted by molar-refractivity contribution is 0.0639. The van der Waals surface area contributed by atoms with Gasteiger partial charge in [0.1, 0.15) is 0 Å². The molecule has 0 spiro atoms. The van der Waals surface area contributed by atoms with Gasteiger partial charge in [-0.15, -0.1) is 11.8 Å². The van der Waals surface area contributed by atoms with E-state index in [1.54, 1.807) is 11.8 Å². The molecule has 0 heterocycles. The fourth-order valence-corrected chi connectivity index (χ4v) is 1.67. The van der Waals surface area contributed by atoms with Gasteiger partial charge in [-0.2, -0.15) is 0 Å². The molecule has 15 heavy (non-hydrogen) atoms. The van der Waals surface area contributed by atoms with E-state index in [9.17, 15) is 8.78 Å². The molecular formula is C11H15F2NS.